The summed E-state index contributed by atoms with van der Waals surface area (Å²) < 4.78 is 18.7. The first kappa shape index (κ1) is 15.4. The number of rotatable bonds is 4. The number of carbonyl (C=O) groups excluding carboxylic acids is 1. The Labute approximate surface area is 127 Å². The zero-order chi connectivity index (χ0) is 14.8. The predicted octanol–water partition coefficient (Wildman–Crippen LogP) is 3.51. The van der Waals surface area contributed by atoms with Crippen molar-refractivity contribution in [3.05, 3.63) is 34.1 Å². The summed E-state index contributed by atoms with van der Waals surface area (Å²) in [7, 11) is 1.37. The molecule has 1 aliphatic carbocycles. The topological polar surface area (TPSA) is 38.3 Å². The summed E-state index contributed by atoms with van der Waals surface area (Å²) in [5, 5.41) is 3.39. The van der Waals surface area contributed by atoms with E-state index in [4.69, 9.17) is 4.74 Å². The Morgan fingerprint density at radius 3 is 2.65 bits per heavy atom. The molecule has 1 aromatic rings. The molecule has 2 rings (SSSR count). The Hall–Kier alpha value is -0.940. The van der Waals surface area contributed by atoms with Crippen molar-refractivity contribution >= 4 is 21.9 Å². The van der Waals surface area contributed by atoms with Gasteiger partial charge in [-0.05, 0) is 53.4 Å². The molecule has 20 heavy (non-hydrogen) atoms. The lowest BCUT2D eigenvalue weighted by molar-refractivity contribution is -0.148. The van der Waals surface area contributed by atoms with Gasteiger partial charge in [0.25, 0.3) is 0 Å². The van der Waals surface area contributed by atoms with Crippen molar-refractivity contribution in [3.63, 3.8) is 0 Å². The lowest BCUT2D eigenvalue weighted by atomic mass is 9.90. The lowest BCUT2D eigenvalue weighted by Gasteiger charge is -2.32. The van der Waals surface area contributed by atoms with Crippen LogP contribution in [0.4, 0.5) is 4.39 Å². The van der Waals surface area contributed by atoms with Crippen LogP contribution >= 0.6 is 15.9 Å². The van der Waals surface area contributed by atoms with Gasteiger partial charge in [-0.2, -0.15) is 0 Å². The molecular formula is C15H19BrFNO2. The second-order valence-corrected chi connectivity index (χ2v) is 6.23. The average molecular weight is 344 g/mol. The van der Waals surface area contributed by atoms with Crippen LogP contribution in [0.2, 0.25) is 0 Å². The SMILES string of the molecule is COC(=O)C(C)(NC1CCCC1)c1ccc(F)c(Br)c1. The van der Waals surface area contributed by atoms with Gasteiger partial charge in [-0.15, -0.1) is 0 Å². The second-order valence-electron chi connectivity index (χ2n) is 5.37. The number of nitrogens with one attached hydrogen (secondary N) is 1. The number of esters is 1. The van der Waals surface area contributed by atoms with E-state index in [1.54, 1.807) is 19.1 Å². The molecule has 0 amide bonds. The van der Waals surface area contributed by atoms with Gasteiger partial charge in [-0.3, -0.25) is 5.32 Å². The number of hydrogen-bond acceptors (Lipinski definition) is 3. The number of ether oxygens (including phenoxy) is 1. The third kappa shape index (κ3) is 3.04. The third-order valence-electron chi connectivity index (χ3n) is 3.94. The van der Waals surface area contributed by atoms with E-state index in [1.165, 1.54) is 26.0 Å². The number of benzene rings is 1. The first-order chi connectivity index (χ1) is 9.47. The van der Waals surface area contributed by atoms with Crippen LogP contribution in [0.1, 0.15) is 38.2 Å². The average Bonchev–Trinajstić information content (AvgIpc) is 2.93. The van der Waals surface area contributed by atoms with E-state index in [1.807, 2.05) is 0 Å². The Balaban J connectivity index is 2.34. The van der Waals surface area contributed by atoms with Crippen LogP contribution in [0.15, 0.2) is 22.7 Å². The van der Waals surface area contributed by atoms with Crippen LogP contribution in [0.25, 0.3) is 0 Å². The molecule has 1 N–H and O–H groups in total. The van der Waals surface area contributed by atoms with E-state index in [2.05, 4.69) is 21.2 Å². The highest BCUT2D eigenvalue weighted by molar-refractivity contribution is 9.10. The van der Waals surface area contributed by atoms with Gasteiger partial charge in [-0.25, -0.2) is 9.18 Å². The van der Waals surface area contributed by atoms with Crippen molar-refractivity contribution in [2.45, 2.75) is 44.2 Å². The van der Waals surface area contributed by atoms with E-state index in [0.717, 1.165) is 12.8 Å². The summed E-state index contributed by atoms with van der Waals surface area (Å²) in [6.45, 7) is 1.79. The molecular weight excluding hydrogens is 325 g/mol. The van der Waals surface area contributed by atoms with Crippen molar-refractivity contribution in [2.75, 3.05) is 7.11 Å². The number of carbonyl (C=O) groups is 1. The molecule has 3 nitrogen and oxygen atoms in total. The largest absolute Gasteiger partial charge is 0.467 e. The summed E-state index contributed by atoms with van der Waals surface area (Å²) in [4.78, 5) is 12.2. The zero-order valence-electron chi connectivity index (χ0n) is 11.7. The fourth-order valence-electron chi connectivity index (χ4n) is 2.75. The molecule has 0 heterocycles. The fraction of sp³-hybridized carbons (Fsp3) is 0.533. The quantitative estimate of drug-likeness (QED) is 0.850. The maximum absolute atomic E-state index is 13.4. The normalized spacial score (nSPS) is 18.8. The molecule has 0 radical (unpaired) electrons. The number of hydrogen-bond donors (Lipinski definition) is 1. The van der Waals surface area contributed by atoms with Crippen LogP contribution < -0.4 is 5.32 Å². The van der Waals surface area contributed by atoms with Crippen LogP contribution in [-0.2, 0) is 15.1 Å². The van der Waals surface area contributed by atoms with E-state index in [0.29, 0.717) is 16.1 Å². The minimum Gasteiger partial charge on any atom is -0.467 e. The molecule has 0 aliphatic heterocycles. The summed E-state index contributed by atoms with van der Waals surface area (Å²) in [5.74, 6) is -0.704. The highest BCUT2D eigenvalue weighted by Crippen LogP contribution is 2.30. The van der Waals surface area contributed by atoms with E-state index in [9.17, 15) is 9.18 Å². The molecule has 110 valence electrons. The van der Waals surface area contributed by atoms with Gasteiger partial charge in [0.1, 0.15) is 11.4 Å². The molecule has 1 aromatic carbocycles. The van der Waals surface area contributed by atoms with Crippen molar-refractivity contribution in [1.29, 1.82) is 0 Å². The van der Waals surface area contributed by atoms with Gasteiger partial charge in [0, 0.05) is 6.04 Å². The van der Waals surface area contributed by atoms with Crippen molar-refractivity contribution in [1.82, 2.24) is 5.32 Å². The molecule has 1 fully saturated rings. The monoisotopic (exact) mass is 343 g/mol. The van der Waals surface area contributed by atoms with Gasteiger partial charge in [0.2, 0.25) is 0 Å². The van der Waals surface area contributed by atoms with Crippen LogP contribution in [0.5, 0.6) is 0 Å². The molecule has 1 saturated carbocycles. The van der Waals surface area contributed by atoms with Gasteiger partial charge in [0.15, 0.2) is 0 Å². The van der Waals surface area contributed by atoms with Gasteiger partial charge < -0.3 is 4.74 Å². The third-order valence-corrected chi connectivity index (χ3v) is 4.55. The maximum atomic E-state index is 13.4. The van der Waals surface area contributed by atoms with Crippen molar-refractivity contribution in [2.24, 2.45) is 0 Å². The summed E-state index contributed by atoms with van der Waals surface area (Å²) in [6.07, 6.45) is 4.44. The molecule has 0 spiro atoms. The summed E-state index contributed by atoms with van der Waals surface area (Å²) in [6, 6.07) is 4.91. The highest BCUT2D eigenvalue weighted by Gasteiger charge is 2.39. The first-order valence-corrected chi connectivity index (χ1v) is 7.58. The molecule has 5 heteroatoms. The molecule has 0 aromatic heterocycles. The summed E-state index contributed by atoms with van der Waals surface area (Å²) in [5.41, 5.74) is -0.260. The van der Waals surface area contributed by atoms with E-state index in [-0.39, 0.29) is 11.8 Å². The van der Waals surface area contributed by atoms with Crippen LogP contribution in [0.3, 0.4) is 0 Å². The van der Waals surface area contributed by atoms with E-state index < -0.39 is 5.54 Å². The molecule has 0 bridgehead atoms. The highest BCUT2D eigenvalue weighted by atomic mass is 79.9. The van der Waals surface area contributed by atoms with Gasteiger partial charge in [-0.1, -0.05) is 18.9 Å². The van der Waals surface area contributed by atoms with E-state index >= 15 is 0 Å². The molecule has 1 unspecified atom stereocenters. The Morgan fingerprint density at radius 2 is 2.10 bits per heavy atom. The fourth-order valence-corrected chi connectivity index (χ4v) is 3.13. The van der Waals surface area contributed by atoms with Crippen molar-refractivity contribution < 1.29 is 13.9 Å². The minimum atomic E-state index is -0.958. The molecule has 0 saturated heterocycles. The number of halogens is 2. The molecule has 1 atom stereocenters. The second kappa shape index (κ2) is 6.22. The molecule has 1 aliphatic rings. The number of methoxy groups -OCH3 is 1. The smallest absolute Gasteiger partial charge is 0.330 e. The summed E-state index contributed by atoms with van der Waals surface area (Å²) >= 11 is 3.17. The Morgan fingerprint density at radius 1 is 1.45 bits per heavy atom. The first-order valence-electron chi connectivity index (χ1n) is 6.79. The standard InChI is InChI=1S/C15H19BrFNO2/c1-15(14(19)20-2,18-11-5-3-4-6-11)10-7-8-13(17)12(16)9-10/h7-9,11,18H,3-6H2,1-2H3. The van der Waals surface area contributed by atoms with Crippen LogP contribution in [0, 0.1) is 5.82 Å². The van der Waals surface area contributed by atoms with Gasteiger partial charge in [0.05, 0.1) is 11.6 Å². The Bertz CT molecular complexity index is 503. The van der Waals surface area contributed by atoms with Gasteiger partial charge >= 0.3 is 5.97 Å². The Kier molecular flexibility index (Phi) is 4.81. The lowest BCUT2D eigenvalue weighted by Crippen LogP contribution is -2.51. The van der Waals surface area contributed by atoms with Crippen molar-refractivity contribution in [3.8, 4) is 0 Å². The predicted molar refractivity (Wildman–Crippen MR) is 78.9 cm³/mol. The maximum Gasteiger partial charge on any atom is 0.330 e. The minimum absolute atomic E-state index is 0.294. The zero-order valence-corrected chi connectivity index (χ0v) is 13.3. The van der Waals surface area contributed by atoms with Crippen LogP contribution in [-0.4, -0.2) is 19.1 Å².